The van der Waals surface area contributed by atoms with Crippen LogP contribution in [0, 0.1) is 0 Å². The molecule has 1 N–H and O–H groups in total. The predicted molar refractivity (Wildman–Crippen MR) is 120 cm³/mol. The van der Waals surface area contributed by atoms with Gasteiger partial charge in [0.25, 0.3) is 5.56 Å². The van der Waals surface area contributed by atoms with E-state index in [1.54, 1.807) is 10.5 Å². The molecule has 0 saturated heterocycles. The summed E-state index contributed by atoms with van der Waals surface area (Å²) in [5.74, 6) is 0.524. The molecule has 0 fully saturated rings. The molecule has 1 aromatic carbocycles. The number of nitrogens with one attached hydrogen (secondary N) is 1. The zero-order chi connectivity index (χ0) is 20.4. The summed E-state index contributed by atoms with van der Waals surface area (Å²) in [7, 11) is 0. The molecule has 3 aromatic rings. The molecule has 0 radical (unpaired) electrons. The van der Waals surface area contributed by atoms with Crippen LogP contribution in [-0.4, -0.2) is 22.5 Å². The Morgan fingerprint density at radius 1 is 1.14 bits per heavy atom. The van der Waals surface area contributed by atoms with Crippen LogP contribution in [0.5, 0.6) is 0 Å². The first-order valence-electron chi connectivity index (χ1n) is 10.7. The minimum atomic E-state index is -0.0291. The molecule has 1 atom stereocenters. The first kappa shape index (κ1) is 19.6. The number of benzene rings is 1. The van der Waals surface area contributed by atoms with Gasteiger partial charge in [-0.05, 0) is 71.7 Å². The molecule has 150 valence electrons. The van der Waals surface area contributed by atoms with Crippen molar-refractivity contribution >= 4 is 11.2 Å². The first-order valence-corrected chi connectivity index (χ1v) is 10.7. The Hall–Kier alpha value is -2.72. The Kier molecular flexibility index (Phi) is 5.63. The number of hydrogen-bond donors (Lipinski definition) is 1. The fourth-order valence-electron chi connectivity index (χ4n) is 4.07. The highest BCUT2D eigenvalue weighted by Gasteiger charge is 2.13. The van der Waals surface area contributed by atoms with Crippen molar-refractivity contribution in [3.8, 4) is 11.1 Å². The van der Waals surface area contributed by atoms with Crippen LogP contribution in [-0.2, 0) is 6.42 Å². The molecular weight excluding hydrogens is 358 g/mol. The fourth-order valence-corrected chi connectivity index (χ4v) is 4.07. The summed E-state index contributed by atoms with van der Waals surface area (Å²) in [6, 6.07) is 12.4. The number of aromatic nitrogens is 2. The summed E-state index contributed by atoms with van der Waals surface area (Å²) in [5.41, 5.74) is 7.63. The molecule has 0 aliphatic carbocycles. The third kappa shape index (κ3) is 3.90. The van der Waals surface area contributed by atoms with E-state index in [0.29, 0.717) is 11.6 Å². The lowest BCUT2D eigenvalue weighted by atomic mass is 9.89. The molecule has 1 aliphatic rings. The van der Waals surface area contributed by atoms with Gasteiger partial charge < -0.3 is 5.32 Å². The van der Waals surface area contributed by atoms with E-state index in [-0.39, 0.29) is 5.56 Å². The topological polar surface area (TPSA) is 46.4 Å². The van der Waals surface area contributed by atoms with Crippen molar-refractivity contribution < 1.29 is 0 Å². The highest BCUT2D eigenvalue weighted by molar-refractivity contribution is 5.68. The third-order valence-electron chi connectivity index (χ3n) is 6.06. The number of nitrogens with zero attached hydrogens (tertiary/aromatic N) is 2. The third-order valence-corrected chi connectivity index (χ3v) is 6.06. The molecule has 3 heterocycles. The summed E-state index contributed by atoms with van der Waals surface area (Å²) >= 11 is 0. The van der Waals surface area contributed by atoms with E-state index in [9.17, 15) is 4.79 Å². The van der Waals surface area contributed by atoms with Crippen molar-refractivity contribution in [1.82, 2.24) is 14.7 Å². The monoisotopic (exact) mass is 387 g/mol. The molecule has 1 aliphatic heterocycles. The summed E-state index contributed by atoms with van der Waals surface area (Å²) in [5, 5.41) is 3.30. The molecular formula is C25H29N3O. The highest BCUT2D eigenvalue weighted by atomic mass is 16.1. The van der Waals surface area contributed by atoms with Gasteiger partial charge in [0.05, 0.1) is 5.69 Å². The van der Waals surface area contributed by atoms with E-state index >= 15 is 0 Å². The average molecular weight is 388 g/mol. The Morgan fingerprint density at radius 3 is 2.69 bits per heavy atom. The van der Waals surface area contributed by atoms with Gasteiger partial charge in [-0.15, -0.1) is 0 Å². The van der Waals surface area contributed by atoms with Gasteiger partial charge in [-0.1, -0.05) is 45.0 Å². The standard InChI is InChI=1S/C25H29N3O/c1-4-17(3)22-14-20(7-6-18(22)5-2)21-8-9-24-27-23(15-25(29)28(24)16-21)19-10-12-26-13-11-19/h6-10,14-17,26H,4-5,11-13H2,1-3H3. The number of fused-ring (bicyclic) bond motifs is 1. The van der Waals surface area contributed by atoms with Crippen LogP contribution in [0.4, 0.5) is 0 Å². The summed E-state index contributed by atoms with van der Waals surface area (Å²) in [4.78, 5) is 17.6. The second kappa shape index (κ2) is 8.34. The molecule has 0 spiro atoms. The van der Waals surface area contributed by atoms with Gasteiger partial charge in [0.1, 0.15) is 5.65 Å². The van der Waals surface area contributed by atoms with Crippen molar-refractivity contribution in [2.45, 2.75) is 46.0 Å². The van der Waals surface area contributed by atoms with Crippen molar-refractivity contribution in [2.75, 3.05) is 13.1 Å². The number of aryl methyl sites for hydroxylation is 1. The van der Waals surface area contributed by atoms with E-state index < -0.39 is 0 Å². The van der Waals surface area contributed by atoms with E-state index in [0.717, 1.165) is 54.7 Å². The van der Waals surface area contributed by atoms with Gasteiger partial charge in [-0.3, -0.25) is 9.20 Å². The summed E-state index contributed by atoms with van der Waals surface area (Å²) in [6.07, 6.45) is 7.11. The van der Waals surface area contributed by atoms with Gasteiger partial charge >= 0.3 is 0 Å². The Bertz CT molecular complexity index is 1130. The van der Waals surface area contributed by atoms with E-state index in [1.807, 2.05) is 12.3 Å². The van der Waals surface area contributed by atoms with Crippen LogP contribution >= 0.6 is 0 Å². The van der Waals surface area contributed by atoms with Gasteiger partial charge in [0, 0.05) is 18.8 Å². The summed E-state index contributed by atoms with van der Waals surface area (Å²) in [6.45, 7) is 8.48. The Balaban J connectivity index is 1.77. The maximum atomic E-state index is 12.8. The van der Waals surface area contributed by atoms with Crippen molar-refractivity contribution in [1.29, 1.82) is 0 Å². The number of hydrogen-bond acceptors (Lipinski definition) is 3. The SMILES string of the molecule is CCc1ccc(-c2ccc3nc(C4=CCNCC4)cc(=O)n3c2)cc1C(C)CC. The van der Waals surface area contributed by atoms with Crippen LogP contribution in [0.1, 0.15) is 56.4 Å². The lowest BCUT2D eigenvalue weighted by molar-refractivity contribution is 0.724. The highest BCUT2D eigenvalue weighted by Crippen LogP contribution is 2.29. The molecule has 29 heavy (non-hydrogen) atoms. The molecule has 0 bridgehead atoms. The average Bonchev–Trinajstić information content (AvgIpc) is 2.78. The normalized spacial score (nSPS) is 15.3. The lowest BCUT2D eigenvalue weighted by Crippen LogP contribution is -2.22. The molecule has 4 nitrogen and oxygen atoms in total. The van der Waals surface area contributed by atoms with Crippen LogP contribution in [0.2, 0.25) is 0 Å². The molecule has 2 aromatic heterocycles. The minimum Gasteiger partial charge on any atom is -0.313 e. The van der Waals surface area contributed by atoms with E-state index in [2.05, 4.69) is 56.4 Å². The van der Waals surface area contributed by atoms with Crippen LogP contribution in [0.15, 0.2) is 53.5 Å². The number of rotatable bonds is 5. The number of pyridine rings is 1. The van der Waals surface area contributed by atoms with E-state index in [4.69, 9.17) is 4.98 Å². The second-order valence-corrected chi connectivity index (χ2v) is 7.89. The zero-order valence-corrected chi connectivity index (χ0v) is 17.5. The van der Waals surface area contributed by atoms with Gasteiger partial charge in [0.2, 0.25) is 0 Å². The Labute approximate surface area is 172 Å². The van der Waals surface area contributed by atoms with Crippen molar-refractivity contribution in [3.05, 3.63) is 75.8 Å². The van der Waals surface area contributed by atoms with Crippen molar-refractivity contribution in [3.63, 3.8) is 0 Å². The maximum Gasteiger partial charge on any atom is 0.258 e. The first-order chi connectivity index (χ1) is 14.1. The van der Waals surface area contributed by atoms with Crippen LogP contribution < -0.4 is 10.9 Å². The molecule has 1 unspecified atom stereocenters. The summed E-state index contributed by atoms with van der Waals surface area (Å²) < 4.78 is 1.66. The Morgan fingerprint density at radius 2 is 1.97 bits per heavy atom. The van der Waals surface area contributed by atoms with E-state index in [1.165, 1.54) is 11.1 Å². The quantitative estimate of drug-likeness (QED) is 0.683. The van der Waals surface area contributed by atoms with Gasteiger partial charge in [-0.25, -0.2) is 4.98 Å². The lowest BCUT2D eigenvalue weighted by Gasteiger charge is -2.16. The van der Waals surface area contributed by atoms with Crippen molar-refractivity contribution in [2.24, 2.45) is 0 Å². The molecule has 4 heteroatoms. The maximum absolute atomic E-state index is 12.8. The van der Waals surface area contributed by atoms with Crippen LogP contribution in [0.3, 0.4) is 0 Å². The zero-order valence-electron chi connectivity index (χ0n) is 17.5. The molecule has 0 amide bonds. The largest absolute Gasteiger partial charge is 0.313 e. The predicted octanol–water partition coefficient (Wildman–Crippen LogP) is 4.81. The van der Waals surface area contributed by atoms with Gasteiger partial charge in [-0.2, -0.15) is 0 Å². The van der Waals surface area contributed by atoms with Crippen LogP contribution in [0.25, 0.3) is 22.3 Å². The smallest absolute Gasteiger partial charge is 0.258 e. The minimum absolute atomic E-state index is 0.0291. The fraction of sp³-hybridized carbons (Fsp3) is 0.360. The molecule has 4 rings (SSSR count). The molecule has 0 saturated carbocycles. The van der Waals surface area contributed by atoms with Gasteiger partial charge in [0.15, 0.2) is 0 Å². The second-order valence-electron chi connectivity index (χ2n) is 7.89.